The number of anilines is 2. The van der Waals surface area contributed by atoms with Crippen LogP contribution in [0.25, 0.3) is 0 Å². The van der Waals surface area contributed by atoms with Gasteiger partial charge in [-0.1, -0.05) is 31.2 Å². The Morgan fingerprint density at radius 1 is 1.14 bits per heavy atom. The van der Waals surface area contributed by atoms with Gasteiger partial charge in [-0.05, 0) is 47.7 Å². The number of nitrogens with zero attached hydrogens (tertiary/aromatic N) is 1. The molecule has 2 aromatic rings. The summed E-state index contributed by atoms with van der Waals surface area (Å²) in [4.78, 5) is 2.05. The van der Waals surface area contributed by atoms with Crippen LogP contribution in [-0.2, 0) is 6.42 Å². The molecule has 2 N–H and O–H groups in total. The maximum Gasteiger partial charge on any atom is 0.0606 e. The van der Waals surface area contributed by atoms with Crippen molar-refractivity contribution in [3.05, 3.63) is 59.7 Å². The molecule has 22 heavy (non-hydrogen) atoms. The van der Waals surface area contributed by atoms with Crippen LogP contribution >= 0.6 is 0 Å². The lowest BCUT2D eigenvalue weighted by atomic mass is 10.0. The second-order valence-electron chi connectivity index (χ2n) is 6.19. The zero-order valence-corrected chi connectivity index (χ0v) is 13.3. The Balaban J connectivity index is 1.74. The molecule has 1 aliphatic rings. The van der Waals surface area contributed by atoms with Gasteiger partial charge in [0, 0.05) is 25.0 Å². The molecule has 0 heterocycles. The van der Waals surface area contributed by atoms with E-state index in [1.807, 2.05) is 7.05 Å². The van der Waals surface area contributed by atoms with E-state index in [1.54, 1.807) is 0 Å². The molecule has 2 aromatic carbocycles. The van der Waals surface area contributed by atoms with Crippen molar-refractivity contribution in [2.24, 2.45) is 5.92 Å². The Bertz CT molecular complexity index is 624. The van der Waals surface area contributed by atoms with Crippen LogP contribution < -0.4 is 10.2 Å². The fourth-order valence-corrected chi connectivity index (χ4v) is 3.29. The van der Waals surface area contributed by atoms with Crippen molar-refractivity contribution in [3.63, 3.8) is 0 Å². The van der Waals surface area contributed by atoms with E-state index < -0.39 is 0 Å². The third kappa shape index (κ3) is 2.95. The van der Waals surface area contributed by atoms with Crippen molar-refractivity contribution < 1.29 is 5.11 Å². The smallest absolute Gasteiger partial charge is 0.0606 e. The first-order chi connectivity index (χ1) is 10.7. The molecule has 3 nitrogen and oxygen atoms in total. The highest BCUT2D eigenvalue weighted by atomic mass is 16.3. The largest absolute Gasteiger partial charge is 0.395 e. The van der Waals surface area contributed by atoms with Crippen LogP contribution in [0.1, 0.15) is 24.1 Å². The Morgan fingerprint density at radius 3 is 2.59 bits per heavy atom. The molecule has 0 radical (unpaired) electrons. The maximum absolute atomic E-state index is 9.01. The number of aliphatic hydroxyl groups is 1. The fourth-order valence-electron chi connectivity index (χ4n) is 3.29. The standard InChI is InChI=1S/C19H24N2O/c1-14-13-15-5-3-4-6-18(15)19(14)20-16-7-9-17(10-8-16)21(2)11-12-22/h3-10,14,19-20,22H,11-13H2,1-2H3. The summed E-state index contributed by atoms with van der Waals surface area (Å²) in [7, 11) is 1.99. The van der Waals surface area contributed by atoms with Crippen LogP contribution in [-0.4, -0.2) is 25.3 Å². The number of likely N-dealkylation sites (N-methyl/N-ethyl adjacent to an activating group) is 1. The van der Waals surface area contributed by atoms with Gasteiger partial charge in [0.05, 0.1) is 12.6 Å². The second kappa shape index (κ2) is 6.41. The van der Waals surface area contributed by atoms with E-state index in [4.69, 9.17) is 5.11 Å². The molecule has 0 spiro atoms. The SMILES string of the molecule is CC1Cc2ccccc2C1Nc1ccc(N(C)CCO)cc1. The monoisotopic (exact) mass is 296 g/mol. The summed E-state index contributed by atoms with van der Waals surface area (Å²) in [5.41, 5.74) is 5.16. The Kier molecular flexibility index (Phi) is 4.34. The summed E-state index contributed by atoms with van der Waals surface area (Å²) in [6, 6.07) is 17.6. The summed E-state index contributed by atoms with van der Waals surface area (Å²) in [5.74, 6) is 0.606. The zero-order chi connectivity index (χ0) is 15.5. The normalized spacial score (nSPS) is 19.8. The van der Waals surface area contributed by atoms with E-state index in [0.29, 0.717) is 18.5 Å². The van der Waals surface area contributed by atoms with Gasteiger partial charge in [0.15, 0.2) is 0 Å². The lowest BCUT2D eigenvalue weighted by Gasteiger charge is -2.22. The molecule has 0 aromatic heterocycles. The Hall–Kier alpha value is -2.00. The van der Waals surface area contributed by atoms with Crippen LogP contribution in [0.2, 0.25) is 0 Å². The number of benzene rings is 2. The van der Waals surface area contributed by atoms with Gasteiger partial charge >= 0.3 is 0 Å². The van der Waals surface area contributed by atoms with Crippen LogP contribution in [0.3, 0.4) is 0 Å². The predicted molar refractivity (Wildman–Crippen MR) is 92.5 cm³/mol. The second-order valence-corrected chi connectivity index (χ2v) is 6.19. The minimum Gasteiger partial charge on any atom is -0.395 e. The van der Waals surface area contributed by atoms with Crippen molar-refractivity contribution in [2.75, 3.05) is 30.4 Å². The lowest BCUT2D eigenvalue weighted by molar-refractivity contribution is 0.304. The summed E-state index contributed by atoms with van der Waals surface area (Å²) < 4.78 is 0. The first kappa shape index (κ1) is 14.9. The third-order valence-corrected chi connectivity index (χ3v) is 4.57. The number of hydrogen-bond donors (Lipinski definition) is 2. The summed E-state index contributed by atoms with van der Waals surface area (Å²) in [6.45, 7) is 3.13. The summed E-state index contributed by atoms with van der Waals surface area (Å²) in [6.07, 6.45) is 1.14. The summed E-state index contributed by atoms with van der Waals surface area (Å²) in [5, 5.41) is 12.7. The van der Waals surface area contributed by atoms with Gasteiger partial charge in [0.1, 0.15) is 0 Å². The van der Waals surface area contributed by atoms with Crippen molar-refractivity contribution in [1.29, 1.82) is 0 Å². The Morgan fingerprint density at radius 2 is 1.86 bits per heavy atom. The molecule has 2 unspecified atom stereocenters. The van der Waals surface area contributed by atoms with Gasteiger partial charge in [-0.3, -0.25) is 0 Å². The average molecular weight is 296 g/mol. The van der Waals surface area contributed by atoms with Gasteiger partial charge in [-0.2, -0.15) is 0 Å². The van der Waals surface area contributed by atoms with E-state index >= 15 is 0 Å². The number of rotatable bonds is 5. The van der Waals surface area contributed by atoms with Crippen molar-refractivity contribution >= 4 is 11.4 Å². The zero-order valence-electron chi connectivity index (χ0n) is 13.3. The van der Waals surface area contributed by atoms with E-state index in [0.717, 1.165) is 17.8 Å². The third-order valence-electron chi connectivity index (χ3n) is 4.57. The maximum atomic E-state index is 9.01. The van der Waals surface area contributed by atoms with Gasteiger partial charge < -0.3 is 15.3 Å². The predicted octanol–water partition coefficient (Wildman–Crippen LogP) is 3.46. The van der Waals surface area contributed by atoms with Crippen molar-refractivity contribution in [1.82, 2.24) is 0 Å². The molecule has 0 saturated heterocycles. The number of fused-ring (bicyclic) bond motifs is 1. The van der Waals surface area contributed by atoms with Crippen molar-refractivity contribution in [2.45, 2.75) is 19.4 Å². The Labute approximate surface area is 132 Å². The van der Waals surface area contributed by atoms with E-state index in [9.17, 15) is 0 Å². The lowest BCUT2D eigenvalue weighted by Crippen LogP contribution is -2.21. The number of aliphatic hydroxyl groups excluding tert-OH is 1. The highest BCUT2D eigenvalue weighted by Crippen LogP contribution is 2.38. The van der Waals surface area contributed by atoms with Crippen LogP contribution in [0.4, 0.5) is 11.4 Å². The molecular formula is C19H24N2O. The number of nitrogens with one attached hydrogen (secondary N) is 1. The first-order valence-electron chi connectivity index (χ1n) is 7.95. The van der Waals surface area contributed by atoms with Crippen LogP contribution in [0.5, 0.6) is 0 Å². The number of hydrogen-bond acceptors (Lipinski definition) is 3. The average Bonchev–Trinajstić information content (AvgIpc) is 2.84. The van der Waals surface area contributed by atoms with E-state index in [2.05, 4.69) is 65.7 Å². The molecule has 3 heteroatoms. The molecule has 0 aliphatic heterocycles. The molecule has 0 saturated carbocycles. The topological polar surface area (TPSA) is 35.5 Å². The molecule has 0 fully saturated rings. The first-order valence-corrected chi connectivity index (χ1v) is 7.95. The minimum absolute atomic E-state index is 0.173. The fraction of sp³-hybridized carbons (Fsp3) is 0.368. The summed E-state index contributed by atoms with van der Waals surface area (Å²) >= 11 is 0. The minimum atomic E-state index is 0.173. The molecule has 0 amide bonds. The van der Waals surface area contributed by atoms with Crippen LogP contribution in [0, 0.1) is 5.92 Å². The molecule has 0 bridgehead atoms. The molecule has 1 aliphatic carbocycles. The van der Waals surface area contributed by atoms with Gasteiger partial charge in [-0.25, -0.2) is 0 Å². The van der Waals surface area contributed by atoms with Crippen LogP contribution in [0.15, 0.2) is 48.5 Å². The van der Waals surface area contributed by atoms with Crippen molar-refractivity contribution in [3.8, 4) is 0 Å². The highest BCUT2D eigenvalue weighted by Gasteiger charge is 2.28. The molecule has 3 rings (SSSR count). The quantitative estimate of drug-likeness (QED) is 0.887. The molecule has 2 atom stereocenters. The molecule has 116 valence electrons. The van der Waals surface area contributed by atoms with E-state index in [-0.39, 0.29) is 6.61 Å². The van der Waals surface area contributed by atoms with Gasteiger partial charge in [0.2, 0.25) is 0 Å². The van der Waals surface area contributed by atoms with Gasteiger partial charge in [0.25, 0.3) is 0 Å². The highest BCUT2D eigenvalue weighted by molar-refractivity contribution is 5.56. The molecular weight excluding hydrogens is 272 g/mol. The van der Waals surface area contributed by atoms with E-state index in [1.165, 1.54) is 11.1 Å². The van der Waals surface area contributed by atoms with Gasteiger partial charge in [-0.15, -0.1) is 0 Å².